The second-order valence-corrected chi connectivity index (χ2v) is 1.90. The van der Waals surface area contributed by atoms with Gasteiger partial charge in [-0.05, 0) is 6.92 Å². The van der Waals surface area contributed by atoms with Gasteiger partial charge in [0, 0.05) is 0 Å². The first kappa shape index (κ1) is 8.83. The van der Waals surface area contributed by atoms with E-state index in [1.807, 2.05) is 0 Å². The Bertz CT molecular complexity index is 290. The summed E-state index contributed by atoms with van der Waals surface area (Å²) in [6.45, 7) is 1.70. The first-order valence-corrected chi connectivity index (χ1v) is 3.21. The highest BCUT2D eigenvalue weighted by Gasteiger charge is 2.15. The minimum Gasteiger partial charge on any atom is -0.476 e. The second kappa shape index (κ2) is 3.42. The molecular weight excluding hydrogens is 171 g/mol. The van der Waals surface area contributed by atoms with Gasteiger partial charge in [0.05, 0.1) is 6.61 Å². The molecule has 0 N–H and O–H groups in total. The highest BCUT2D eigenvalue weighted by Crippen LogP contribution is 2.17. The van der Waals surface area contributed by atoms with Gasteiger partial charge in [-0.3, -0.25) is 0 Å². The van der Waals surface area contributed by atoms with Crippen LogP contribution in [0.4, 0.5) is 13.2 Å². The predicted molar refractivity (Wildman–Crippen MR) is 34.1 cm³/mol. The maximum atomic E-state index is 12.6. The van der Waals surface area contributed by atoms with Gasteiger partial charge < -0.3 is 4.74 Å². The summed E-state index contributed by atoms with van der Waals surface area (Å²) in [5.41, 5.74) is 0. The van der Waals surface area contributed by atoms with Crippen LogP contribution in [0.25, 0.3) is 0 Å². The van der Waals surface area contributed by atoms with Crippen LogP contribution in [0.5, 0.6) is 5.88 Å². The lowest BCUT2D eigenvalue weighted by Crippen LogP contribution is -2.01. The monoisotopic (exact) mass is 176 g/mol. The highest BCUT2D eigenvalue weighted by atomic mass is 19.2. The lowest BCUT2D eigenvalue weighted by atomic mass is 10.4. The predicted octanol–water partition coefficient (Wildman–Crippen LogP) is 1.70. The third-order valence-electron chi connectivity index (χ3n) is 1.11. The third-order valence-corrected chi connectivity index (χ3v) is 1.11. The molecule has 0 saturated carbocycles. The van der Waals surface area contributed by atoms with E-state index < -0.39 is 23.3 Å². The highest BCUT2D eigenvalue weighted by molar-refractivity contribution is 5.15. The molecule has 1 aromatic rings. The van der Waals surface area contributed by atoms with Crippen molar-refractivity contribution < 1.29 is 17.9 Å². The molecule has 0 spiro atoms. The maximum Gasteiger partial charge on any atom is 0.254 e. The van der Waals surface area contributed by atoms with Gasteiger partial charge in [0.15, 0.2) is 5.82 Å². The van der Waals surface area contributed by atoms with Crippen LogP contribution < -0.4 is 4.74 Å². The molecule has 0 saturated heterocycles. The zero-order valence-corrected chi connectivity index (χ0v) is 6.20. The summed E-state index contributed by atoms with van der Waals surface area (Å²) in [6.07, 6.45) is 1.64. The Hall–Kier alpha value is -1.26. The lowest BCUT2D eigenvalue weighted by molar-refractivity contribution is 0.293. The smallest absolute Gasteiger partial charge is 0.254 e. The van der Waals surface area contributed by atoms with Gasteiger partial charge >= 0.3 is 0 Å². The Labute approximate surface area is 67.0 Å². The van der Waals surface area contributed by atoms with Crippen molar-refractivity contribution in [2.75, 3.05) is 6.61 Å². The normalized spacial score (nSPS) is 10.0. The fourth-order valence-corrected chi connectivity index (χ4v) is 0.621. The summed E-state index contributed by atoms with van der Waals surface area (Å²) in [7, 11) is 0. The molecule has 1 heterocycles. The standard InChI is InChI=1S/C7H5F3NO/c1-2-12-7-6(10)5(9)4(8)3-11-7/h2H2,1H3. The first-order valence-electron chi connectivity index (χ1n) is 3.21. The topological polar surface area (TPSA) is 22.1 Å². The van der Waals surface area contributed by atoms with Gasteiger partial charge in [-0.25, -0.2) is 13.8 Å². The number of ether oxygens (including phenoxy) is 1. The largest absolute Gasteiger partial charge is 0.476 e. The van der Waals surface area contributed by atoms with Gasteiger partial charge in [0.2, 0.25) is 11.6 Å². The number of pyridine rings is 1. The number of rotatable bonds is 2. The van der Waals surface area contributed by atoms with Crippen LogP contribution >= 0.6 is 0 Å². The van der Waals surface area contributed by atoms with Gasteiger partial charge in [-0.2, -0.15) is 4.39 Å². The number of aromatic nitrogens is 1. The van der Waals surface area contributed by atoms with E-state index in [4.69, 9.17) is 0 Å². The van der Waals surface area contributed by atoms with Crippen molar-refractivity contribution in [3.8, 4) is 5.88 Å². The van der Waals surface area contributed by atoms with Crippen LogP contribution in [0.3, 0.4) is 0 Å². The van der Waals surface area contributed by atoms with Crippen LogP contribution in [0.1, 0.15) is 6.92 Å². The minimum absolute atomic E-state index is 0.128. The maximum absolute atomic E-state index is 12.6. The van der Waals surface area contributed by atoms with Crippen molar-refractivity contribution in [1.29, 1.82) is 0 Å². The van der Waals surface area contributed by atoms with Gasteiger partial charge in [0.1, 0.15) is 6.20 Å². The van der Waals surface area contributed by atoms with Crippen molar-refractivity contribution in [2.24, 2.45) is 0 Å². The molecule has 0 bridgehead atoms. The van der Waals surface area contributed by atoms with Gasteiger partial charge in [0.25, 0.3) is 5.88 Å². The molecule has 0 amide bonds. The number of halogens is 3. The van der Waals surface area contributed by atoms with Gasteiger partial charge in [-0.1, -0.05) is 0 Å². The Kier molecular flexibility index (Phi) is 2.52. The molecule has 2 nitrogen and oxygen atoms in total. The Morgan fingerprint density at radius 3 is 2.58 bits per heavy atom. The molecule has 1 radical (unpaired) electrons. The molecule has 0 aliphatic heterocycles. The van der Waals surface area contributed by atoms with Crippen molar-refractivity contribution in [2.45, 2.75) is 6.92 Å². The molecule has 1 aromatic heterocycles. The molecule has 12 heavy (non-hydrogen) atoms. The molecule has 0 fully saturated rings. The van der Waals surface area contributed by atoms with Crippen molar-refractivity contribution in [3.63, 3.8) is 0 Å². The third kappa shape index (κ3) is 1.49. The minimum atomic E-state index is -1.62. The van der Waals surface area contributed by atoms with Crippen LogP contribution in [0.2, 0.25) is 0 Å². The van der Waals surface area contributed by atoms with Crippen LogP contribution in [0, 0.1) is 23.6 Å². The van der Waals surface area contributed by atoms with Crippen LogP contribution in [-0.4, -0.2) is 11.6 Å². The lowest BCUT2D eigenvalue weighted by Gasteiger charge is -2.02. The van der Waals surface area contributed by atoms with E-state index in [9.17, 15) is 13.2 Å². The molecule has 5 heteroatoms. The summed E-state index contributed by atoms with van der Waals surface area (Å²) in [4.78, 5) is 3.09. The van der Waals surface area contributed by atoms with E-state index in [1.54, 1.807) is 13.1 Å². The quantitative estimate of drug-likeness (QED) is 0.684. The fourth-order valence-electron chi connectivity index (χ4n) is 0.621. The average Bonchev–Trinajstić information content (AvgIpc) is 2.07. The molecule has 65 valence electrons. The van der Waals surface area contributed by atoms with Crippen LogP contribution in [-0.2, 0) is 0 Å². The Morgan fingerprint density at radius 2 is 2.00 bits per heavy atom. The average molecular weight is 176 g/mol. The van der Waals surface area contributed by atoms with Crippen LogP contribution in [0.15, 0.2) is 0 Å². The molecule has 0 aliphatic rings. The molecule has 0 atom stereocenters. The van der Waals surface area contributed by atoms with Crippen molar-refractivity contribution in [3.05, 3.63) is 23.6 Å². The Balaban J connectivity index is 3.08. The van der Waals surface area contributed by atoms with Crippen molar-refractivity contribution >= 4 is 0 Å². The number of hydrogen-bond donors (Lipinski definition) is 0. The first-order chi connectivity index (χ1) is 5.66. The summed E-state index contributed by atoms with van der Waals surface area (Å²) in [5, 5.41) is 0. The summed E-state index contributed by atoms with van der Waals surface area (Å²) < 4.78 is 41.8. The summed E-state index contributed by atoms with van der Waals surface area (Å²) in [6, 6.07) is 0. The summed E-state index contributed by atoms with van der Waals surface area (Å²) >= 11 is 0. The number of nitrogens with zero attached hydrogens (tertiary/aromatic N) is 1. The fraction of sp³-hybridized carbons (Fsp3) is 0.286. The van der Waals surface area contributed by atoms with E-state index in [0.29, 0.717) is 0 Å². The zero-order valence-electron chi connectivity index (χ0n) is 6.20. The Morgan fingerprint density at radius 1 is 1.33 bits per heavy atom. The van der Waals surface area contributed by atoms with E-state index in [1.165, 1.54) is 0 Å². The molecule has 0 aromatic carbocycles. The SMILES string of the molecule is CCOc1n[c]c(F)c(F)c1F. The van der Waals surface area contributed by atoms with Gasteiger partial charge in [-0.15, -0.1) is 0 Å². The van der Waals surface area contributed by atoms with E-state index in [0.717, 1.165) is 0 Å². The summed E-state index contributed by atoms with van der Waals surface area (Å²) in [5.74, 6) is -5.06. The van der Waals surface area contributed by atoms with E-state index >= 15 is 0 Å². The van der Waals surface area contributed by atoms with Crippen molar-refractivity contribution in [1.82, 2.24) is 4.98 Å². The molecule has 1 rings (SSSR count). The van der Waals surface area contributed by atoms with E-state index in [-0.39, 0.29) is 6.61 Å². The molecular formula is C7H5F3NO. The zero-order chi connectivity index (χ0) is 9.14. The number of hydrogen-bond acceptors (Lipinski definition) is 2. The molecule has 0 unspecified atom stereocenters. The molecule has 0 aliphatic carbocycles. The van der Waals surface area contributed by atoms with E-state index in [2.05, 4.69) is 9.72 Å². The second-order valence-electron chi connectivity index (χ2n) is 1.90.